The van der Waals surface area contributed by atoms with E-state index >= 15 is 0 Å². The molecule has 1 fully saturated rings. The van der Waals surface area contributed by atoms with Crippen LogP contribution in [0.5, 0.6) is 5.75 Å². The molecule has 1 heterocycles. The van der Waals surface area contributed by atoms with Gasteiger partial charge in [-0.25, -0.2) is 0 Å². The third-order valence-electron chi connectivity index (χ3n) is 5.27. The van der Waals surface area contributed by atoms with E-state index in [4.69, 9.17) is 4.74 Å². The molecule has 1 unspecified atom stereocenters. The van der Waals surface area contributed by atoms with E-state index in [1.54, 1.807) is 18.4 Å². The van der Waals surface area contributed by atoms with Crippen molar-refractivity contribution in [1.82, 2.24) is 5.32 Å². The lowest BCUT2D eigenvalue weighted by Gasteiger charge is -2.21. The van der Waals surface area contributed by atoms with Gasteiger partial charge >= 0.3 is 0 Å². The Morgan fingerprint density at radius 1 is 1.19 bits per heavy atom. The molecule has 1 aliphatic carbocycles. The van der Waals surface area contributed by atoms with Gasteiger partial charge in [-0.15, -0.1) is 11.3 Å². The van der Waals surface area contributed by atoms with Crippen LogP contribution in [0.1, 0.15) is 30.9 Å². The van der Waals surface area contributed by atoms with Crippen LogP contribution in [-0.4, -0.2) is 19.1 Å². The summed E-state index contributed by atoms with van der Waals surface area (Å²) in [5, 5.41) is 6.75. The first kappa shape index (κ1) is 17.1. The number of hydrogen-bond acceptors (Lipinski definition) is 3. The van der Waals surface area contributed by atoms with Crippen molar-refractivity contribution in [3.8, 4) is 5.75 Å². The van der Waals surface area contributed by atoms with E-state index in [-0.39, 0.29) is 11.9 Å². The molecule has 3 nitrogen and oxygen atoms in total. The minimum atomic E-state index is -0.419. The lowest BCUT2D eigenvalue weighted by atomic mass is 9.93. The second-order valence-corrected chi connectivity index (χ2v) is 8.03. The fourth-order valence-corrected chi connectivity index (χ4v) is 4.69. The first-order valence-electron chi connectivity index (χ1n) is 9.03. The molecule has 0 aliphatic heterocycles. The van der Waals surface area contributed by atoms with E-state index in [0.29, 0.717) is 0 Å². The smallest absolute Gasteiger partial charge is 0.231 e. The average molecular weight is 365 g/mol. The van der Waals surface area contributed by atoms with Gasteiger partial charge in [0.2, 0.25) is 5.91 Å². The molecule has 0 saturated heterocycles. The monoisotopic (exact) mass is 365 g/mol. The number of fused-ring (bicyclic) bond motifs is 1. The zero-order valence-corrected chi connectivity index (χ0v) is 15.9. The molecule has 26 heavy (non-hydrogen) atoms. The Kier molecular flexibility index (Phi) is 4.45. The largest absolute Gasteiger partial charge is 0.496 e. The molecule has 1 atom stereocenters. The summed E-state index contributed by atoms with van der Waals surface area (Å²) in [4.78, 5) is 13.0. The molecule has 1 saturated carbocycles. The van der Waals surface area contributed by atoms with Crippen LogP contribution < -0.4 is 10.1 Å². The summed E-state index contributed by atoms with van der Waals surface area (Å²) in [5.74, 6) is 0.922. The molecule has 0 radical (unpaired) electrons. The highest BCUT2D eigenvalue weighted by Gasteiger charge is 2.52. The number of rotatable bonds is 6. The summed E-state index contributed by atoms with van der Waals surface area (Å²) < 4.78 is 6.78. The van der Waals surface area contributed by atoms with Crippen molar-refractivity contribution in [3.05, 3.63) is 65.0 Å². The molecule has 3 aromatic rings. The van der Waals surface area contributed by atoms with Gasteiger partial charge in [-0.3, -0.25) is 4.79 Å². The average Bonchev–Trinajstić information content (AvgIpc) is 3.39. The SMILES string of the molecule is COc1ccccc1C1(C(=O)NC(C)Cc2csc3ccccc23)CC1. The van der Waals surface area contributed by atoms with Gasteiger partial charge in [0.25, 0.3) is 0 Å². The zero-order valence-electron chi connectivity index (χ0n) is 15.1. The van der Waals surface area contributed by atoms with Crippen molar-refractivity contribution in [2.24, 2.45) is 0 Å². The summed E-state index contributed by atoms with van der Waals surface area (Å²) in [5.41, 5.74) is 1.89. The molecule has 0 bridgehead atoms. The van der Waals surface area contributed by atoms with E-state index in [1.807, 2.05) is 24.3 Å². The van der Waals surface area contributed by atoms with Crippen LogP contribution >= 0.6 is 11.3 Å². The van der Waals surface area contributed by atoms with Crippen LogP contribution in [0.15, 0.2) is 53.9 Å². The number of nitrogens with one attached hydrogen (secondary N) is 1. The summed E-state index contributed by atoms with van der Waals surface area (Å²) in [7, 11) is 1.66. The minimum Gasteiger partial charge on any atom is -0.496 e. The van der Waals surface area contributed by atoms with E-state index < -0.39 is 5.41 Å². The summed E-state index contributed by atoms with van der Waals surface area (Å²) in [6, 6.07) is 16.4. The molecule has 1 aliphatic rings. The third kappa shape index (κ3) is 2.99. The van der Waals surface area contributed by atoms with E-state index in [1.165, 1.54) is 15.6 Å². The Morgan fingerprint density at radius 3 is 2.69 bits per heavy atom. The van der Waals surface area contributed by atoms with Gasteiger partial charge in [0, 0.05) is 16.3 Å². The lowest BCUT2D eigenvalue weighted by Crippen LogP contribution is -2.41. The first-order valence-corrected chi connectivity index (χ1v) is 9.91. The van der Waals surface area contributed by atoms with E-state index in [2.05, 4.69) is 41.9 Å². The zero-order chi connectivity index (χ0) is 18.1. The van der Waals surface area contributed by atoms with Crippen molar-refractivity contribution < 1.29 is 9.53 Å². The maximum atomic E-state index is 13.0. The maximum absolute atomic E-state index is 13.0. The van der Waals surface area contributed by atoms with Crippen molar-refractivity contribution in [1.29, 1.82) is 0 Å². The van der Waals surface area contributed by atoms with Gasteiger partial charge in [0.1, 0.15) is 5.75 Å². The number of methoxy groups -OCH3 is 1. The van der Waals surface area contributed by atoms with Gasteiger partial charge in [0.05, 0.1) is 12.5 Å². The molecule has 4 heteroatoms. The number of carbonyl (C=O) groups is 1. The number of carbonyl (C=O) groups excluding carboxylic acids is 1. The molecule has 1 N–H and O–H groups in total. The maximum Gasteiger partial charge on any atom is 0.231 e. The van der Waals surface area contributed by atoms with E-state index in [0.717, 1.165) is 30.6 Å². The lowest BCUT2D eigenvalue weighted by molar-refractivity contribution is -0.124. The van der Waals surface area contributed by atoms with Gasteiger partial charge in [-0.2, -0.15) is 0 Å². The Bertz CT molecular complexity index is 942. The summed E-state index contributed by atoms with van der Waals surface area (Å²) >= 11 is 1.77. The molecule has 134 valence electrons. The molecule has 4 rings (SSSR count). The van der Waals surface area contributed by atoms with Gasteiger partial charge in [0.15, 0.2) is 0 Å². The van der Waals surface area contributed by atoms with Crippen LogP contribution in [0.4, 0.5) is 0 Å². The quantitative estimate of drug-likeness (QED) is 0.688. The molecule has 1 amide bonds. The fraction of sp³-hybridized carbons (Fsp3) is 0.318. The van der Waals surface area contributed by atoms with Crippen molar-refractivity contribution in [3.63, 3.8) is 0 Å². The Morgan fingerprint density at radius 2 is 1.92 bits per heavy atom. The number of hydrogen-bond donors (Lipinski definition) is 1. The van der Waals surface area contributed by atoms with Crippen molar-refractivity contribution in [2.45, 2.75) is 37.6 Å². The van der Waals surface area contributed by atoms with Gasteiger partial charge < -0.3 is 10.1 Å². The summed E-state index contributed by atoms with van der Waals surface area (Å²) in [6.45, 7) is 2.09. The van der Waals surface area contributed by atoms with Gasteiger partial charge in [-0.1, -0.05) is 36.4 Å². The molecular formula is C22H23NO2S. The van der Waals surface area contributed by atoms with Crippen LogP contribution in [0.3, 0.4) is 0 Å². The Labute approximate surface area is 158 Å². The van der Waals surface area contributed by atoms with Crippen LogP contribution in [-0.2, 0) is 16.6 Å². The highest BCUT2D eigenvalue weighted by atomic mass is 32.1. The molecule has 1 aromatic heterocycles. The number of thiophene rings is 1. The highest BCUT2D eigenvalue weighted by molar-refractivity contribution is 7.17. The number of ether oxygens (including phenoxy) is 1. The first-order chi connectivity index (χ1) is 12.6. The van der Waals surface area contributed by atoms with Crippen LogP contribution in [0.2, 0.25) is 0 Å². The van der Waals surface area contributed by atoms with Crippen LogP contribution in [0.25, 0.3) is 10.1 Å². The normalized spacial score (nSPS) is 16.2. The fourth-order valence-electron chi connectivity index (χ4n) is 3.72. The molecule has 2 aromatic carbocycles. The second kappa shape index (κ2) is 6.76. The number of amides is 1. The Hall–Kier alpha value is -2.33. The predicted octanol–water partition coefficient (Wildman–Crippen LogP) is 4.69. The minimum absolute atomic E-state index is 0.0905. The topological polar surface area (TPSA) is 38.3 Å². The third-order valence-corrected chi connectivity index (χ3v) is 6.28. The Balaban J connectivity index is 1.49. The highest BCUT2D eigenvalue weighted by Crippen LogP contribution is 2.51. The van der Waals surface area contributed by atoms with Crippen LogP contribution in [0, 0.1) is 0 Å². The molecule has 0 spiro atoms. The van der Waals surface area contributed by atoms with Crippen molar-refractivity contribution >= 4 is 27.3 Å². The van der Waals surface area contributed by atoms with Gasteiger partial charge in [-0.05, 0) is 54.6 Å². The standard InChI is InChI=1S/C22H23NO2S/c1-15(13-16-14-26-20-10-6-3-7-17(16)20)23-21(24)22(11-12-22)18-8-4-5-9-19(18)25-2/h3-10,14-15H,11-13H2,1-2H3,(H,23,24). The summed E-state index contributed by atoms with van der Waals surface area (Å²) in [6.07, 6.45) is 2.61. The molecular weight excluding hydrogens is 342 g/mol. The number of para-hydroxylation sites is 1. The van der Waals surface area contributed by atoms with Crippen molar-refractivity contribution in [2.75, 3.05) is 7.11 Å². The number of benzene rings is 2. The second-order valence-electron chi connectivity index (χ2n) is 7.12. The predicted molar refractivity (Wildman–Crippen MR) is 107 cm³/mol. The van der Waals surface area contributed by atoms with E-state index in [9.17, 15) is 4.79 Å².